The van der Waals surface area contributed by atoms with Crippen LogP contribution < -0.4 is 0 Å². The van der Waals surface area contributed by atoms with Gasteiger partial charge < -0.3 is 9.47 Å². The van der Waals surface area contributed by atoms with Gasteiger partial charge in [-0.25, -0.2) is 4.79 Å². The average molecular weight is 292 g/mol. The van der Waals surface area contributed by atoms with Crippen LogP contribution in [-0.2, 0) is 14.3 Å². The molecule has 0 spiro atoms. The van der Waals surface area contributed by atoms with Crippen LogP contribution >= 0.6 is 0 Å². The van der Waals surface area contributed by atoms with Crippen molar-refractivity contribution in [2.45, 2.75) is 52.1 Å². The quantitative estimate of drug-likeness (QED) is 0.650. The summed E-state index contributed by atoms with van der Waals surface area (Å²) >= 11 is 0. The van der Waals surface area contributed by atoms with Gasteiger partial charge in [-0.05, 0) is 31.4 Å². The number of carbonyl (C=O) groups excluding carboxylic acids is 2. The molecular weight excluding hydrogens is 268 g/mol. The summed E-state index contributed by atoms with van der Waals surface area (Å²) in [5.41, 5.74) is 0.506. The lowest BCUT2D eigenvalue weighted by Gasteiger charge is -2.17. The van der Waals surface area contributed by atoms with Crippen molar-refractivity contribution in [3.63, 3.8) is 0 Å². The molecule has 1 aromatic carbocycles. The molecule has 0 bridgehead atoms. The van der Waals surface area contributed by atoms with Gasteiger partial charge >= 0.3 is 11.9 Å². The summed E-state index contributed by atoms with van der Waals surface area (Å²) in [6, 6.07) is 8.81. The van der Waals surface area contributed by atoms with E-state index in [9.17, 15) is 9.59 Å². The maximum atomic E-state index is 11.9. The van der Waals surface area contributed by atoms with Gasteiger partial charge in [0.1, 0.15) is 12.7 Å². The molecule has 4 heteroatoms. The first kappa shape index (κ1) is 17.2. The predicted molar refractivity (Wildman–Crippen MR) is 81.0 cm³/mol. The van der Waals surface area contributed by atoms with E-state index < -0.39 is 0 Å². The summed E-state index contributed by atoms with van der Waals surface area (Å²) in [6.45, 7) is 4.11. The molecule has 21 heavy (non-hydrogen) atoms. The number of hydrogen-bond donors (Lipinski definition) is 0. The molecule has 0 saturated carbocycles. The van der Waals surface area contributed by atoms with E-state index in [4.69, 9.17) is 9.47 Å². The van der Waals surface area contributed by atoms with Gasteiger partial charge in [0.25, 0.3) is 0 Å². The summed E-state index contributed by atoms with van der Waals surface area (Å²) in [4.78, 5) is 23.4. The van der Waals surface area contributed by atoms with Crippen LogP contribution in [0.5, 0.6) is 0 Å². The van der Waals surface area contributed by atoms with Crippen molar-refractivity contribution >= 4 is 11.9 Å². The van der Waals surface area contributed by atoms with Crippen molar-refractivity contribution in [2.75, 3.05) is 6.61 Å². The van der Waals surface area contributed by atoms with Crippen molar-refractivity contribution in [3.8, 4) is 0 Å². The van der Waals surface area contributed by atoms with E-state index in [0.29, 0.717) is 18.4 Å². The van der Waals surface area contributed by atoms with Gasteiger partial charge in [0.05, 0.1) is 5.56 Å². The topological polar surface area (TPSA) is 52.6 Å². The number of hydrogen-bond acceptors (Lipinski definition) is 4. The van der Waals surface area contributed by atoms with Gasteiger partial charge in [-0.15, -0.1) is 0 Å². The predicted octanol–water partition coefficient (Wildman–Crippen LogP) is 3.75. The smallest absolute Gasteiger partial charge is 0.338 e. The fourth-order valence-electron chi connectivity index (χ4n) is 1.88. The van der Waals surface area contributed by atoms with Crippen molar-refractivity contribution in [2.24, 2.45) is 0 Å². The van der Waals surface area contributed by atoms with Crippen LogP contribution in [0, 0.1) is 0 Å². The highest BCUT2D eigenvalue weighted by Crippen LogP contribution is 2.09. The molecule has 1 unspecified atom stereocenters. The minimum atomic E-state index is -0.386. The Hall–Kier alpha value is -1.84. The molecule has 0 aliphatic carbocycles. The molecule has 1 atom stereocenters. The standard InChI is InChI=1S/C17H24O4/c1-3-5-12-15(21-16(18)9-4-2)13-20-17(19)14-10-7-6-8-11-14/h6-8,10-11,15H,3-5,9,12-13H2,1-2H3. The number of unbranched alkanes of at least 4 members (excludes halogenated alkanes) is 1. The monoisotopic (exact) mass is 292 g/mol. The highest BCUT2D eigenvalue weighted by molar-refractivity contribution is 5.89. The first-order valence-electron chi connectivity index (χ1n) is 7.59. The molecule has 0 fully saturated rings. The molecule has 0 saturated heterocycles. The van der Waals surface area contributed by atoms with Gasteiger partial charge in [-0.2, -0.15) is 0 Å². The zero-order valence-corrected chi connectivity index (χ0v) is 12.8. The molecule has 0 aromatic heterocycles. The first-order valence-corrected chi connectivity index (χ1v) is 7.59. The van der Waals surface area contributed by atoms with E-state index in [0.717, 1.165) is 19.3 Å². The third-order valence-corrected chi connectivity index (χ3v) is 3.04. The van der Waals surface area contributed by atoms with Crippen LogP contribution in [0.25, 0.3) is 0 Å². The molecule has 116 valence electrons. The minimum Gasteiger partial charge on any atom is -0.459 e. The van der Waals surface area contributed by atoms with E-state index in [1.165, 1.54) is 0 Å². The van der Waals surface area contributed by atoms with Crippen LogP contribution in [-0.4, -0.2) is 24.6 Å². The average Bonchev–Trinajstić information content (AvgIpc) is 2.50. The molecule has 0 aliphatic heterocycles. The Bertz CT molecular complexity index is 428. The Morgan fingerprint density at radius 3 is 2.43 bits per heavy atom. The molecule has 4 nitrogen and oxygen atoms in total. The van der Waals surface area contributed by atoms with Gasteiger partial charge in [-0.1, -0.05) is 38.5 Å². The fourth-order valence-corrected chi connectivity index (χ4v) is 1.88. The lowest BCUT2D eigenvalue weighted by atomic mass is 10.1. The van der Waals surface area contributed by atoms with Gasteiger partial charge in [0.15, 0.2) is 0 Å². The molecule has 0 aliphatic rings. The molecule has 1 aromatic rings. The summed E-state index contributed by atoms with van der Waals surface area (Å²) in [5.74, 6) is -0.613. The van der Waals surface area contributed by atoms with Crippen LogP contribution in [0.15, 0.2) is 30.3 Å². The van der Waals surface area contributed by atoms with Crippen LogP contribution in [0.2, 0.25) is 0 Å². The molecule has 1 rings (SSSR count). The highest BCUT2D eigenvalue weighted by atomic mass is 16.6. The lowest BCUT2D eigenvalue weighted by Crippen LogP contribution is -2.25. The Labute approximate surface area is 126 Å². The van der Waals surface area contributed by atoms with E-state index >= 15 is 0 Å². The molecule has 0 amide bonds. The van der Waals surface area contributed by atoms with Crippen LogP contribution in [0.4, 0.5) is 0 Å². The zero-order chi connectivity index (χ0) is 15.5. The summed E-state index contributed by atoms with van der Waals surface area (Å²) < 4.78 is 10.6. The second-order valence-corrected chi connectivity index (χ2v) is 4.97. The number of ether oxygens (including phenoxy) is 2. The van der Waals surface area contributed by atoms with Crippen LogP contribution in [0.1, 0.15) is 56.3 Å². The molecule has 0 heterocycles. The van der Waals surface area contributed by atoms with E-state index in [1.54, 1.807) is 24.3 Å². The number of esters is 2. The van der Waals surface area contributed by atoms with Gasteiger partial charge in [0.2, 0.25) is 0 Å². The summed E-state index contributed by atoms with van der Waals surface area (Å²) in [6.07, 6.45) is 3.46. The zero-order valence-electron chi connectivity index (χ0n) is 12.8. The minimum absolute atomic E-state index is 0.114. The number of benzene rings is 1. The molecule has 0 radical (unpaired) electrons. The molecular formula is C17H24O4. The second-order valence-electron chi connectivity index (χ2n) is 4.97. The van der Waals surface area contributed by atoms with Crippen molar-refractivity contribution < 1.29 is 19.1 Å². The third-order valence-electron chi connectivity index (χ3n) is 3.04. The van der Waals surface area contributed by atoms with E-state index in [2.05, 4.69) is 6.92 Å². The van der Waals surface area contributed by atoms with Crippen LogP contribution in [0.3, 0.4) is 0 Å². The maximum absolute atomic E-state index is 11.9. The van der Waals surface area contributed by atoms with Crippen molar-refractivity contribution in [1.29, 1.82) is 0 Å². The van der Waals surface area contributed by atoms with Crippen molar-refractivity contribution in [3.05, 3.63) is 35.9 Å². The number of rotatable bonds is 9. The Morgan fingerprint density at radius 2 is 1.81 bits per heavy atom. The third kappa shape index (κ3) is 6.93. The summed E-state index contributed by atoms with van der Waals surface area (Å²) in [5, 5.41) is 0. The first-order chi connectivity index (χ1) is 10.2. The van der Waals surface area contributed by atoms with E-state index in [-0.39, 0.29) is 24.6 Å². The van der Waals surface area contributed by atoms with Gasteiger partial charge in [0, 0.05) is 6.42 Å². The SMILES string of the molecule is CCCCC(COC(=O)c1ccccc1)OC(=O)CCC. The Balaban J connectivity index is 2.48. The van der Waals surface area contributed by atoms with Crippen molar-refractivity contribution in [1.82, 2.24) is 0 Å². The highest BCUT2D eigenvalue weighted by Gasteiger charge is 2.16. The number of carbonyl (C=O) groups is 2. The second kappa shape index (κ2) is 9.97. The maximum Gasteiger partial charge on any atom is 0.338 e. The Kier molecular flexibility index (Phi) is 8.17. The fraction of sp³-hybridized carbons (Fsp3) is 0.529. The molecule has 0 N–H and O–H groups in total. The van der Waals surface area contributed by atoms with E-state index in [1.807, 2.05) is 13.0 Å². The Morgan fingerprint density at radius 1 is 1.10 bits per heavy atom. The van der Waals surface area contributed by atoms with Gasteiger partial charge in [-0.3, -0.25) is 4.79 Å². The largest absolute Gasteiger partial charge is 0.459 e. The normalized spacial score (nSPS) is 11.7. The lowest BCUT2D eigenvalue weighted by molar-refractivity contribution is -0.151. The summed E-state index contributed by atoms with van der Waals surface area (Å²) in [7, 11) is 0.